The van der Waals surface area contributed by atoms with Crippen molar-refractivity contribution in [2.24, 2.45) is 5.92 Å². The molecule has 1 heterocycles. The van der Waals surface area contributed by atoms with Crippen molar-refractivity contribution in [3.63, 3.8) is 0 Å². The van der Waals surface area contributed by atoms with Gasteiger partial charge in [0.15, 0.2) is 0 Å². The third-order valence-electron chi connectivity index (χ3n) is 3.59. The average Bonchev–Trinajstić information content (AvgIpc) is 2.88. The van der Waals surface area contributed by atoms with Crippen molar-refractivity contribution in [1.29, 1.82) is 0 Å². The summed E-state index contributed by atoms with van der Waals surface area (Å²) in [7, 11) is 0. The van der Waals surface area contributed by atoms with Crippen LogP contribution in [0.2, 0.25) is 10.0 Å². The third kappa shape index (κ3) is 4.98. The molecule has 0 bridgehead atoms. The number of anilines is 1. The second kappa shape index (κ2) is 9.33. The van der Waals surface area contributed by atoms with Crippen molar-refractivity contribution < 1.29 is 9.59 Å². The van der Waals surface area contributed by atoms with Crippen LogP contribution in [0.4, 0.5) is 5.69 Å². The van der Waals surface area contributed by atoms with Crippen LogP contribution in [0.5, 0.6) is 0 Å². The summed E-state index contributed by atoms with van der Waals surface area (Å²) in [4.78, 5) is 26.1. The molecule has 1 unspecified atom stereocenters. The molecule has 2 rings (SSSR count). The van der Waals surface area contributed by atoms with Crippen molar-refractivity contribution in [1.82, 2.24) is 10.6 Å². The van der Waals surface area contributed by atoms with Crippen LogP contribution >= 0.6 is 35.6 Å². The van der Waals surface area contributed by atoms with Gasteiger partial charge in [-0.1, -0.05) is 30.1 Å². The van der Waals surface area contributed by atoms with Gasteiger partial charge in [-0.3, -0.25) is 9.59 Å². The van der Waals surface area contributed by atoms with Gasteiger partial charge >= 0.3 is 0 Å². The number of nitrogens with one attached hydrogen (secondary N) is 2. The predicted molar refractivity (Wildman–Crippen MR) is 95.7 cm³/mol. The van der Waals surface area contributed by atoms with Gasteiger partial charge in [0, 0.05) is 25.3 Å². The normalized spacial score (nSPS) is 17.1. The van der Waals surface area contributed by atoms with Gasteiger partial charge in [0.2, 0.25) is 11.8 Å². The first-order valence-corrected chi connectivity index (χ1v) is 8.05. The molecule has 1 fully saturated rings. The quantitative estimate of drug-likeness (QED) is 0.589. The van der Waals surface area contributed by atoms with E-state index in [1.165, 1.54) is 0 Å². The second-order valence-electron chi connectivity index (χ2n) is 5.07. The molecule has 1 saturated heterocycles. The third-order valence-corrected chi connectivity index (χ3v) is 4.33. The summed E-state index contributed by atoms with van der Waals surface area (Å²) in [6.07, 6.45) is 0.506. The molecule has 2 amide bonds. The molecule has 23 heavy (non-hydrogen) atoms. The molecule has 5 nitrogen and oxygen atoms in total. The zero-order valence-electron chi connectivity index (χ0n) is 12.8. The first-order valence-electron chi connectivity index (χ1n) is 7.29. The summed E-state index contributed by atoms with van der Waals surface area (Å²) < 4.78 is 0. The first kappa shape index (κ1) is 20.0. The first-order chi connectivity index (χ1) is 10.5. The molecule has 1 aromatic carbocycles. The number of hydrogen-bond donors (Lipinski definition) is 2. The van der Waals surface area contributed by atoms with E-state index in [0.717, 1.165) is 6.54 Å². The highest BCUT2D eigenvalue weighted by molar-refractivity contribution is 6.42. The standard InChI is InChI=1S/C15H19Cl2N3O2.ClH/c1-2-18-6-7-19-14(21)11-5-8-20(15(11)22)10-3-4-12(16)13(17)9-10;/h3-4,9,11,18H,2,5-8H2,1H3,(H,19,21);1H. The number of likely N-dealkylation sites (N-methyl/N-ethyl adjacent to an activating group) is 1. The second-order valence-corrected chi connectivity index (χ2v) is 5.89. The number of amides is 2. The molecular weight excluding hydrogens is 361 g/mol. The minimum Gasteiger partial charge on any atom is -0.354 e. The van der Waals surface area contributed by atoms with Gasteiger partial charge in [0.05, 0.1) is 10.0 Å². The summed E-state index contributed by atoms with van der Waals surface area (Å²) in [5.74, 6) is -1.04. The Bertz CT molecular complexity index is 569. The van der Waals surface area contributed by atoms with Gasteiger partial charge in [-0.2, -0.15) is 0 Å². The lowest BCUT2D eigenvalue weighted by Crippen LogP contribution is -2.39. The van der Waals surface area contributed by atoms with Crippen LogP contribution in [0.25, 0.3) is 0 Å². The van der Waals surface area contributed by atoms with Crippen LogP contribution in [0, 0.1) is 5.92 Å². The van der Waals surface area contributed by atoms with E-state index in [-0.39, 0.29) is 24.2 Å². The minimum absolute atomic E-state index is 0. The summed E-state index contributed by atoms with van der Waals surface area (Å²) in [5, 5.41) is 6.73. The topological polar surface area (TPSA) is 61.4 Å². The Hall–Kier alpha value is -1.01. The van der Waals surface area contributed by atoms with Crippen LogP contribution in [-0.4, -0.2) is 38.0 Å². The average molecular weight is 381 g/mol. The molecule has 0 radical (unpaired) electrons. The molecule has 0 spiro atoms. The van der Waals surface area contributed by atoms with Gasteiger partial charge in [-0.25, -0.2) is 0 Å². The Labute approximate surface area is 152 Å². The number of carbonyl (C=O) groups excluding carboxylic acids is 2. The van der Waals surface area contributed by atoms with Crippen LogP contribution in [0.15, 0.2) is 18.2 Å². The number of hydrogen-bond acceptors (Lipinski definition) is 3. The van der Waals surface area contributed by atoms with E-state index >= 15 is 0 Å². The number of halogens is 3. The summed E-state index contributed by atoms with van der Waals surface area (Å²) in [6.45, 7) is 4.56. The van der Waals surface area contributed by atoms with Crippen molar-refractivity contribution in [3.05, 3.63) is 28.2 Å². The number of rotatable bonds is 6. The molecule has 8 heteroatoms. The molecular formula is C15H20Cl3N3O2. The highest BCUT2D eigenvalue weighted by atomic mass is 35.5. The van der Waals surface area contributed by atoms with Gasteiger partial charge in [0.1, 0.15) is 5.92 Å². The monoisotopic (exact) mass is 379 g/mol. The minimum atomic E-state index is -0.629. The zero-order chi connectivity index (χ0) is 16.1. The summed E-state index contributed by atoms with van der Waals surface area (Å²) in [6, 6.07) is 5.03. The van der Waals surface area contributed by atoms with Crippen molar-refractivity contribution >= 4 is 53.1 Å². The van der Waals surface area contributed by atoms with Crippen molar-refractivity contribution in [2.45, 2.75) is 13.3 Å². The van der Waals surface area contributed by atoms with Gasteiger partial charge in [-0.05, 0) is 31.2 Å². The molecule has 1 aromatic rings. The maximum atomic E-state index is 12.4. The lowest BCUT2D eigenvalue weighted by molar-refractivity contribution is -0.132. The summed E-state index contributed by atoms with van der Waals surface area (Å²) >= 11 is 11.9. The van der Waals surface area contributed by atoms with Crippen LogP contribution in [-0.2, 0) is 9.59 Å². The molecule has 0 aliphatic carbocycles. The van der Waals surface area contributed by atoms with Gasteiger partial charge < -0.3 is 15.5 Å². The largest absolute Gasteiger partial charge is 0.354 e. The Morgan fingerprint density at radius 3 is 2.70 bits per heavy atom. The molecule has 1 aliphatic rings. The van der Waals surface area contributed by atoms with E-state index in [1.807, 2.05) is 6.92 Å². The Morgan fingerprint density at radius 2 is 2.04 bits per heavy atom. The lowest BCUT2D eigenvalue weighted by Gasteiger charge is -2.17. The number of nitrogens with zero attached hydrogens (tertiary/aromatic N) is 1. The molecule has 2 N–H and O–H groups in total. The van der Waals surface area contributed by atoms with Crippen LogP contribution in [0.3, 0.4) is 0 Å². The van der Waals surface area contributed by atoms with Gasteiger partial charge in [-0.15, -0.1) is 12.4 Å². The SMILES string of the molecule is CCNCCNC(=O)C1CCN(c2ccc(Cl)c(Cl)c2)C1=O.Cl. The highest BCUT2D eigenvalue weighted by Crippen LogP contribution is 2.31. The predicted octanol–water partition coefficient (Wildman–Crippen LogP) is 2.49. The number of carbonyl (C=O) groups is 2. The highest BCUT2D eigenvalue weighted by Gasteiger charge is 2.37. The maximum absolute atomic E-state index is 12.4. The molecule has 1 atom stereocenters. The van der Waals surface area contributed by atoms with E-state index in [0.29, 0.717) is 41.8 Å². The number of benzene rings is 1. The fraction of sp³-hybridized carbons (Fsp3) is 0.467. The zero-order valence-corrected chi connectivity index (χ0v) is 15.1. The van der Waals surface area contributed by atoms with Crippen molar-refractivity contribution in [2.75, 3.05) is 31.1 Å². The van der Waals surface area contributed by atoms with Crippen LogP contribution < -0.4 is 15.5 Å². The fourth-order valence-electron chi connectivity index (χ4n) is 2.41. The smallest absolute Gasteiger partial charge is 0.239 e. The lowest BCUT2D eigenvalue weighted by atomic mass is 10.1. The Kier molecular flexibility index (Phi) is 8.12. The molecule has 0 aromatic heterocycles. The fourth-order valence-corrected chi connectivity index (χ4v) is 2.70. The van der Waals surface area contributed by atoms with E-state index in [1.54, 1.807) is 23.1 Å². The van der Waals surface area contributed by atoms with E-state index in [9.17, 15) is 9.59 Å². The molecule has 0 saturated carbocycles. The van der Waals surface area contributed by atoms with E-state index in [4.69, 9.17) is 23.2 Å². The van der Waals surface area contributed by atoms with Crippen molar-refractivity contribution in [3.8, 4) is 0 Å². The van der Waals surface area contributed by atoms with Crippen LogP contribution in [0.1, 0.15) is 13.3 Å². The van der Waals surface area contributed by atoms with E-state index in [2.05, 4.69) is 10.6 Å². The maximum Gasteiger partial charge on any atom is 0.239 e. The summed E-state index contributed by atoms with van der Waals surface area (Å²) in [5.41, 5.74) is 0.669. The van der Waals surface area contributed by atoms with Gasteiger partial charge in [0.25, 0.3) is 0 Å². The molecule has 128 valence electrons. The molecule has 1 aliphatic heterocycles. The van der Waals surface area contributed by atoms with E-state index < -0.39 is 5.92 Å². The Morgan fingerprint density at radius 1 is 1.30 bits per heavy atom. The Balaban J connectivity index is 0.00000264.